The first kappa shape index (κ1) is 17.1. The second-order valence-corrected chi connectivity index (χ2v) is 1.42. The predicted octanol–water partition coefficient (Wildman–Crippen LogP) is -4.95. The zero-order chi connectivity index (χ0) is 8.57. The Bertz CT molecular complexity index is 113. The first-order valence-corrected chi connectivity index (χ1v) is 2.54. The second-order valence-electron chi connectivity index (χ2n) is 1.42. The van der Waals surface area contributed by atoms with Gasteiger partial charge in [-0.25, -0.2) is 0 Å². The molecule has 0 amide bonds. The summed E-state index contributed by atoms with van der Waals surface area (Å²) in [5.41, 5.74) is 0. The van der Waals surface area contributed by atoms with Gasteiger partial charge in [-0.15, -0.1) is 0 Å². The number of carboxylic acid groups (broad SMARTS) is 2. The summed E-state index contributed by atoms with van der Waals surface area (Å²) in [5, 5.41) is 19.2. The Kier molecular flexibility index (Phi) is 19.6. The van der Waals surface area contributed by atoms with E-state index >= 15 is 0 Å². The Morgan fingerprint density at radius 3 is 1.82 bits per heavy atom. The van der Waals surface area contributed by atoms with Crippen LogP contribution in [0.25, 0.3) is 0 Å². The quantitative estimate of drug-likeness (QED) is 0.406. The van der Waals surface area contributed by atoms with Gasteiger partial charge in [-0.3, -0.25) is 4.79 Å². The summed E-state index contributed by atoms with van der Waals surface area (Å²) in [7, 11) is 1.59. The molecule has 0 spiro atoms. The number of carbonyl (C=O) groups is 2. The van der Waals surface area contributed by atoms with E-state index in [1.807, 2.05) is 0 Å². The van der Waals surface area contributed by atoms with Gasteiger partial charge >= 0.3 is 35.5 Å². The van der Waals surface area contributed by atoms with Crippen molar-refractivity contribution in [3.05, 3.63) is 0 Å². The SMILES string of the molecule is CC(=O)[O-].CNCC(=O)O.[Na+]. The molecular formula is C5H10NNaO4. The van der Waals surface area contributed by atoms with Gasteiger partial charge in [-0.1, -0.05) is 0 Å². The van der Waals surface area contributed by atoms with Crippen molar-refractivity contribution in [2.45, 2.75) is 6.92 Å². The number of rotatable bonds is 2. The van der Waals surface area contributed by atoms with Crippen molar-refractivity contribution in [2.24, 2.45) is 0 Å². The predicted molar refractivity (Wildman–Crippen MR) is 32.2 cm³/mol. The van der Waals surface area contributed by atoms with Crippen LogP contribution in [0, 0.1) is 0 Å². The molecule has 0 unspecified atom stereocenters. The zero-order valence-corrected chi connectivity index (χ0v) is 8.88. The molecule has 60 valence electrons. The standard InChI is InChI=1S/C3H7NO2.C2H4O2.Na/c1-4-2-3(5)6;1-2(3)4;/h4H,2H2,1H3,(H,5,6);1H3,(H,3,4);/q;;+1/p-1. The first-order valence-electron chi connectivity index (χ1n) is 2.54. The number of hydrogen-bond donors (Lipinski definition) is 2. The van der Waals surface area contributed by atoms with Gasteiger partial charge in [0.05, 0.1) is 6.54 Å². The zero-order valence-electron chi connectivity index (χ0n) is 6.88. The summed E-state index contributed by atoms with van der Waals surface area (Å²) in [4.78, 5) is 18.4. The molecule has 0 radical (unpaired) electrons. The fourth-order valence-corrected chi connectivity index (χ4v) is 0.151. The van der Waals surface area contributed by atoms with E-state index in [9.17, 15) is 4.79 Å². The first-order chi connectivity index (χ1) is 4.50. The minimum Gasteiger partial charge on any atom is -0.550 e. The van der Waals surface area contributed by atoms with Crippen molar-refractivity contribution >= 4 is 11.9 Å². The van der Waals surface area contributed by atoms with Crippen LogP contribution in [-0.4, -0.2) is 30.6 Å². The van der Waals surface area contributed by atoms with Crippen LogP contribution in [-0.2, 0) is 9.59 Å². The van der Waals surface area contributed by atoms with Crippen LogP contribution in [0.15, 0.2) is 0 Å². The van der Waals surface area contributed by atoms with E-state index in [1.165, 1.54) is 0 Å². The normalized spacial score (nSPS) is 6.73. The van der Waals surface area contributed by atoms with Gasteiger partial charge in [-0.2, -0.15) is 0 Å². The molecule has 0 heterocycles. The van der Waals surface area contributed by atoms with Crippen LogP contribution in [0.1, 0.15) is 6.92 Å². The van der Waals surface area contributed by atoms with Crippen LogP contribution in [0.2, 0.25) is 0 Å². The van der Waals surface area contributed by atoms with Crippen LogP contribution >= 0.6 is 0 Å². The summed E-state index contributed by atoms with van der Waals surface area (Å²) in [6, 6.07) is 0. The fraction of sp³-hybridized carbons (Fsp3) is 0.600. The largest absolute Gasteiger partial charge is 1.00 e. The minimum absolute atomic E-state index is 0. The average Bonchev–Trinajstić information content (AvgIpc) is 1.62. The molecule has 5 nitrogen and oxygen atoms in total. The maximum atomic E-state index is 9.54. The van der Waals surface area contributed by atoms with E-state index < -0.39 is 11.9 Å². The van der Waals surface area contributed by atoms with Crippen LogP contribution in [0.5, 0.6) is 0 Å². The fourth-order valence-electron chi connectivity index (χ4n) is 0.151. The smallest absolute Gasteiger partial charge is 0.550 e. The minimum atomic E-state index is -1.08. The van der Waals surface area contributed by atoms with Gasteiger partial charge in [0.25, 0.3) is 0 Å². The van der Waals surface area contributed by atoms with E-state index in [1.54, 1.807) is 7.05 Å². The molecule has 0 saturated carbocycles. The van der Waals surface area contributed by atoms with Gasteiger partial charge < -0.3 is 20.3 Å². The van der Waals surface area contributed by atoms with E-state index in [0.29, 0.717) is 0 Å². The molecule has 0 fully saturated rings. The molecule has 0 aliphatic carbocycles. The maximum absolute atomic E-state index is 9.54. The topological polar surface area (TPSA) is 89.5 Å². The number of carbonyl (C=O) groups excluding carboxylic acids is 1. The maximum Gasteiger partial charge on any atom is 1.00 e. The van der Waals surface area contributed by atoms with Gasteiger partial charge in [-0.05, 0) is 14.0 Å². The van der Waals surface area contributed by atoms with Crippen LogP contribution in [0.3, 0.4) is 0 Å². The van der Waals surface area contributed by atoms with Crippen molar-refractivity contribution in [3.63, 3.8) is 0 Å². The van der Waals surface area contributed by atoms with Gasteiger partial charge in [0.1, 0.15) is 0 Å². The summed E-state index contributed by atoms with van der Waals surface area (Å²) in [5.74, 6) is -1.91. The molecule has 0 aromatic carbocycles. The van der Waals surface area contributed by atoms with Crippen molar-refractivity contribution in [1.29, 1.82) is 0 Å². The summed E-state index contributed by atoms with van der Waals surface area (Å²) in [6.07, 6.45) is 0. The average molecular weight is 171 g/mol. The van der Waals surface area contributed by atoms with Crippen molar-refractivity contribution < 1.29 is 49.4 Å². The van der Waals surface area contributed by atoms with Crippen molar-refractivity contribution in [2.75, 3.05) is 13.6 Å². The molecule has 0 aliphatic rings. The number of aliphatic carboxylic acids is 2. The molecule has 0 rings (SSSR count). The number of likely N-dealkylation sites (N-methyl/N-ethyl adjacent to an activating group) is 1. The Morgan fingerprint density at radius 1 is 1.55 bits per heavy atom. The number of carboxylic acids is 2. The molecule has 2 N–H and O–H groups in total. The molecule has 6 heteroatoms. The van der Waals surface area contributed by atoms with E-state index in [4.69, 9.17) is 15.0 Å². The number of hydrogen-bond acceptors (Lipinski definition) is 4. The van der Waals surface area contributed by atoms with Gasteiger partial charge in [0.2, 0.25) is 0 Å². The molecule has 0 bridgehead atoms. The Hall–Kier alpha value is -0.100. The summed E-state index contributed by atoms with van der Waals surface area (Å²) >= 11 is 0. The van der Waals surface area contributed by atoms with Gasteiger partial charge in [0, 0.05) is 5.97 Å². The number of nitrogens with one attached hydrogen (secondary N) is 1. The van der Waals surface area contributed by atoms with Crippen molar-refractivity contribution in [1.82, 2.24) is 5.32 Å². The van der Waals surface area contributed by atoms with Crippen molar-refractivity contribution in [3.8, 4) is 0 Å². The monoisotopic (exact) mass is 171 g/mol. The molecular weight excluding hydrogens is 161 g/mol. The van der Waals surface area contributed by atoms with E-state index in [0.717, 1.165) is 6.92 Å². The third-order valence-electron chi connectivity index (χ3n) is 0.328. The summed E-state index contributed by atoms with van der Waals surface area (Å²) < 4.78 is 0. The van der Waals surface area contributed by atoms with E-state index in [2.05, 4.69) is 5.32 Å². The third-order valence-corrected chi connectivity index (χ3v) is 0.328. The third kappa shape index (κ3) is 73.5. The molecule has 11 heavy (non-hydrogen) atoms. The molecule has 0 aromatic heterocycles. The molecule has 0 saturated heterocycles. The summed E-state index contributed by atoms with van der Waals surface area (Å²) in [6.45, 7) is 1.01. The van der Waals surface area contributed by atoms with Crippen LogP contribution < -0.4 is 40.0 Å². The molecule has 0 aliphatic heterocycles. The second kappa shape index (κ2) is 12.6. The Balaban J connectivity index is -0.000000114. The van der Waals surface area contributed by atoms with Crippen LogP contribution in [0.4, 0.5) is 0 Å². The van der Waals surface area contributed by atoms with E-state index in [-0.39, 0.29) is 36.1 Å². The Morgan fingerprint density at radius 2 is 1.82 bits per heavy atom. The Labute approximate surface area is 87.1 Å². The van der Waals surface area contributed by atoms with Gasteiger partial charge in [0.15, 0.2) is 0 Å². The molecule has 0 atom stereocenters. The molecule has 0 aromatic rings.